The smallest absolute Gasteiger partial charge is 0.407 e. The van der Waals surface area contributed by atoms with Gasteiger partial charge in [-0.15, -0.1) is 0 Å². The molecule has 0 radical (unpaired) electrons. The number of anilines is 1. The van der Waals surface area contributed by atoms with E-state index in [2.05, 4.69) is 92.5 Å². The number of aromatic nitrogens is 4. The van der Waals surface area contributed by atoms with Gasteiger partial charge in [-0.1, -0.05) is 70.5 Å². The number of hydrogen-bond acceptors (Lipinski definition) is 8. The third-order valence-electron chi connectivity index (χ3n) is 10.1. The fourth-order valence-electron chi connectivity index (χ4n) is 6.67. The summed E-state index contributed by atoms with van der Waals surface area (Å²) in [6.07, 6.45) is 7.63. The fourth-order valence-corrected chi connectivity index (χ4v) is 6.67. The van der Waals surface area contributed by atoms with Crippen LogP contribution in [0.25, 0.3) is 22.0 Å². The van der Waals surface area contributed by atoms with Crippen molar-refractivity contribution >= 4 is 75.1 Å². The molecule has 55 heavy (non-hydrogen) atoms. The van der Waals surface area contributed by atoms with Crippen LogP contribution >= 0.6 is 40.5 Å². The van der Waals surface area contributed by atoms with Crippen LogP contribution in [0.15, 0.2) is 55.0 Å². The number of H-pyrrole nitrogens is 1. The summed E-state index contributed by atoms with van der Waals surface area (Å²) in [4.78, 5) is 57.4. The number of carbonyl (C=O) groups is 3. The highest BCUT2D eigenvalue weighted by Gasteiger charge is 2.35. The molecule has 1 unspecified atom stereocenters. The van der Waals surface area contributed by atoms with Gasteiger partial charge in [0.1, 0.15) is 11.9 Å². The van der Waals surface area contributed by atoms with Gasteiger partial charge in [-0.05, 0) is 67.3 Å². The van der Waals surface area contributed by atoms with Crippen LogP contribution in [0, 0.1) is 31.6 Å². The first-order valence-electron chi connectivity index (χ1n) is 18.4. The van der Waals surface area contributed by atoms with Crippen molar-refractivity contribution in [1.29, 1.82) is 0 Å². The van der Waals surface area contributed by atoms with Gasteiger partial charge in [-0.2, -0.15) is 40.5 Å². The van der Waals surface area contributed by atoms with Gasteiger partial charge in [-0.3, -0.25) is 9.59 Å². The van der Waals surface area contributed by atoms with E-state index in [1.165, 1.54) is 23.4 Å². The largest absolute Gasteiger partial charge is 0.453 e. The van der Waals surface area contributed by atoms with E-state index in [4.69, 9.17) is 0 Å². The first-order valence-corrected chi connectivity index (χ1v) is 18.4. The second-order valence-corrected chi connectivity index (χ2v) is 14.8. The number of imidazole rings is 1. The predicted octanol–water partition coefficient (Wildman–Crippen LogP) is 7.01. The van der Waals surface area contributed by atoms with Gasteiger partial charge >= 0.3 is 6.09 Å². The lowest BCUT2D eigenvalue weighted by Gasteiger charge is -2.27. The molecule has 0 saturated carbocycles. The Bertz CT molecular complexity index is 1860. The van der Waals surface area contributed by atoms with Crippen molar-refractivity contribution in [2.45, 2.75) is 85.9 Å². The molecule has 0 aliphatic carbocycles. The number of benzene rings is 2. The molecule has 2 aromatic carbocycles. The molecular formula is C40H60N8O4S3. The monoisotopic (exact) mass is 812 g/mol. The number of aryl methyl sites for hydroxylation is 2. The molecule has 4 atom stereocenters. The highest BCUT2D eigenvalue weighted by atomic mass is 32.1. The van der Waals surface area contributed by atoms with Crippen LogP contribution in [-0.2, 0) is 14.3 Å². The lowest BCUT2D eigenvalue weighted by molar-refractivity contribution is -0.137. The van der Waals surface area contributed by atoms with Crippen LogP contribution in [0.3, 0.4) is 0 Å². The maximum atomic E-state index is 12.9. The predicted molar refractivity (Wildman–Crippen MR) is 235 cm³/mol. The molecule has 2 fully saturated rings. The zero-order valence-electron chi connectivity index (χ0n) is 33.3. The number of nitrogens with zero attached hydrogens (tertiary/aromatic N) is 5. The average molecular weight is 813 g/mol. The number of fused-ring (bicyclic) bond motifs is 1. The second kappa shape index (κ2) is 21.4. The third kappa shape index (κ3) is 12.0. The van der Waals surface area contributed by atoms with Gasteiger partial charge in [-0.25, -0.2) is 19.7 Å². The highest BCUT2D eigenvalue weighted by Crippen LogP contribution is 2.34. The van der Waals surface area contributed by atoms with Crippen LogP contribution in [0.2, 0.25) is 0 Å². The van der Waals surface area contributed by atoms with E-state index < -0.39 is 12.1 Å². The summed E-state index contributed by atoms with van der Waals surface area (Å²) in [5, 5.41) is 8.33. The first kappa shape index (κ1) is 47.2. The van der Waals surface area contributed by atoms with Crippen LogP contribution < -0.4 is 10.6 Å². The Morgan fingerprint density at radius 3 is 2.15 bits per heavy atom. The SMILES string of the molecule is COC(=O)N[C@H](C(=O)N1CCC(Nc2ncc(C)cn2)C1)C(C)C.Cc1ccc2cc(-c3cnc([C@@H]4CCCN4C(=O)[C@@H](C)C(C)C)[nH]3)ccc2c1.S.S.S. The number of aromatic amines is 1. The fraction of sp³-hybridized carbons (Fsp3) is 0.500. The van der Waals surface area contributed by atoms with Crippen molar-refractivity contribution in [1.82, 2.24) is 35.1 Å². The molecule has 2 aliphatic rings. The van der Waals surface area contributed by atoms with Gasteiger partial charge in [0.25, 0.3) is 0 Å². The van der Waals surface area contributed by atoms with Crippen molar-refractivity contribution < 1.29 is 19.1 Å². The summed E-state index contributed by atoms with van der Waals surface area (Å²) in [5.74, 6) is 1.99. The van der Waals surface area contributed by atoms with Gasteiger partial charge < -0.3 is 30.2 Å². The molecule has 2 saturated heterocycles. The lowest BCUT2D eigenvalue weighted by Crippen LogP contribution is -2.51. The van der Waals surface area contributed by atoms with E-state index in [1.807, 2.05) is 38.8 Å². The summed E-state index contributed by atoms with van der Waals surface area (Å²) in [5.41, 5.74) is 4.40. The standard InChI is InChI=1S/C24H29N3O.C16H25N5O3.3H2S/c1-15(2)17(4)24(28)27-11-5-6-22(27)23-25-14-21(26-23)20-10-9-18-12-16(3)7-8-19(18)13-20;1-10(2)13(20-16(23)24-4)14(22)21-6-5-12(9-21)19-15-17-7-11(3)8-18-15;;;/h7-10,12-15,17,22H,5-6,11H2,1-4H3,(H,25,26);7-8,10,12-13H,5-6,9H2,1-4H3,(H,20,23)(H,17,18,19);3*1H2/t17-,22-;12?,13-;;;/m00.../s1. The highest BCUT2D eigenvalue weighted by molar-refractivity contribution is 7.59. The Morgan fingerprint density at radius 1 is 0.818 bits per heavy atom. The zero-order valence-corrected chi connectivity index (χ0v) is 36.3. The first-order chi connectivity index (χ1) is 24.8. The molecular weight excluding hydrogens is 753 g/mol. The lowest BCUT2D eigenvalue weighted by atomic mass is 9.96. The second-order valence-electron chi connectivity index (χ2n) is 14.8. The van der Waals surface area contributed by atoms with Crippen molar-refractivity contribution in [3.63, 3.8) is 0 Å². The normalized spacial score (nSPS) is 17.3. The van der Waals surface area contributed by atoms with E-state index in [0.29, 0.717) is 25.0 Å². The van der Waals surface area contributed by atoms with Crippen LogP contribution in [0.5, 0.6) is 0 Å². The molecule has 12 nitrogen and oxygen atoms in total. The zero-order chi connectivity index (χ0) is 37.5. The molecule has 0 spiro atoms. The van der Waals surface area contributed by atoms with Crippen molar-refractivity contribution in [3.05, 3.63) is 71.9 Å². The molecule has 0 bridgehead atoms. The molecule has 3 N–H and O–H groups in total. The number of amides is 3. The molecule has 2 aromatic heterocycles. The maximum absolute atomic E-state index is 12.9. The quantitative estimate of drug-likeness (QED) is 0.164. The minimum Gasteiger partial charge on any atom is -0.453 e. The van der Waals surface area contributed by atoms with Crippen molar-refractivity contribution in [2.24, 2.45) is 17.8 Å². The molecule has 4 aromatic rings. The van der Waals surface area contributed by atoms with Crippen LogP contribution in [-0.4, -0.2) is 86.5 Å². The Morgan fingerprint density at radius 2 is 1.49 bits per heavy atom. The van der Waals surface area contributed by atoms with Crippen molar-refractivity contribution in [3.8, 4) is 11.3 Å². The van der Waals surface area contributed by atoms with E-state index in [-0.39, 0.29) is 76.2 Å². The topological polar surface area (TPSA) is 145 Å². The molecule has 6 rings (SSSR count). The Balaban J connectivity index is 0.000000365. The number of methoxy groups -OCH3 is 1. The van der Waals surface area contributed by atoms with Crippen molar-refractivity contribution in [2.75, 3.05) is 32.1 Å². The van der Waals surface area contributed by atoms with E-state index >= 15 is 0 Å². The number of alkyl carbamates (subject to hydrolysis) is 1. The Hall–Kier alpha value is -3.95. The maximum Gasteiger partial charge on any atom is 0.407 e. The Labute approximate surface area is 346 Å². The number of likely N-dealkylation sites (tertiary alicyclic amines) is 2. The summed E-state index contributed by atoms with van der Waals surface area (Å²) in [7, 11) is 1.29. The number of ether oxygens (including phenoxy) is 1. The molecule has 15 heteroatoms. The summed E-state index contributed by atoms with van der Waals surface area (Å²) >= 11 is 0. The van der Waals surface area contributed by atoms with Gasteiger partial charge in [0.05, 0.1) is 25.0 Å². The molecule has 4 heterocycles. The van der Waals surface area contributed by atoms with Crippen LogP contribution in [0.1, 0.15) is 76.9 Å². The number of rotatable bonds is 9. The van der Waals surface area contributed by atoms with Crippen LogP contribution in [0.4, 0.5) is 10.7 Å². The summed E-state index contributed by atoms with van der Waals surface area (Å²) in [6, 6.07) is 12.6. The number of hydrogen-bond donors (Lipinski definition) is 3. The minimum absolute atomic E-state index is 0. The number of nitrogens with one attached hydrogen (secondary N) is 3. The molecule has 302 valence electrons. The summed E-state index contributed by atoms with van der Waals surface area (Å²) in [6.45, 7) is 16.1. The van der Waals surface area contributed by atoms with E-state index in [9.17, 15) is 14.4 Å². The Kier molecular flexibility index (Phi) is 18.3. The number of carbonyl (C=O) groups excluding carboxylic acids is 3. The molecule has 3 amide bonds. The average Bonchev–Trinajstić information content (AvgIpc) is 3.92. The van der Waals surface area contributed by atoms with E-state index in [1.54, 1.807) is 17.3 Å². The van der Waals surface area contributed by atoms with Gasteiger partial charge in [0.15, 0.2) is 0 Å². The van der Waals surface area contributed by atoms with E-state index in [0.717, 1.165) is 48.5 Å². The molecule has 2 aliphatic heterocycles. The summed E-state index contributed by atoms with van der Waals surface area (Å²) < 4.78 is 4.60. The minimum atomic E-state index is -0.594. The third-order valence-corrected chi connectivity index (χ3v) is 10.1. The van der Waals surface area contributed by atoms with Gasteiger partial charge in [0.2, 0.25) is 17.8 Å². The van der Waals surface area contributed by atoms with Gasteiger partial charge in [0, 0.05) is 49.6 Å².